The summed E-state index contributed by atoms with van der Waals surface area (Å²) in [6.07, 6.45) is 0.293. The van der Waals surface area contributed by atoms with Crippen LogP contribution in [0.25, 0.3) is 0 Å². The number of benzene rings is 3. The minimum atomic E-state index is -3.86. The van der Waals surface area contributed by atoms with E-state index in [0.29, 0.717) is 23.4 Å². The first-order valence-electron chi connectivity index (χ1n) is 9.26. The Morgan fingerprint density at radius 2 is 1.57 bits per heavy atom. The Morgan fingerprint density at radius 1 is 0.933 bits per heavy atom. The summed E-state index contributed by atoms with van der Waals surface area (Å²) in [5.74, 6) is -0.421. The summed E-state index contributed by atoms with van der Waals surface area (Å²) < 4.78 is 28.3. The van der Waals surface area contributed by atoms with Crippen LogP contribution in [0.15, 0.2) is 71.6 Å². The van der Waals surface area contributed by atoms with Gasteiger partial charge < -0.3 is 5.32 Å². The lowest BCUT2D eigenvalue weighted by Crippen LogP contribution is -2.17. The number of nitriles is 1. The SMILES string of the molecule is Cc1ccc(NS(=O)(=O)c2cc(C(=O)Nc3ccc(CC#N)cc3)ccc2C)cc1. The van der Waals surface area contributed by atoms with E-state index in [1.165, 1.54) is 6.07 Å². The number of anilines is 2. The summed E-state index contributed by atoms with van der Waals surface area (Å²) in [4.78, 5) is 12.7. The number of amides is 1. The fourth-order valence-corrected chi connectivity index (χ4v) is 4.19. The van der Waals surface area contributed by atoms with Crippen LogP contribution in [0.4, 0.5) is 11.4 Å². The molecule has 30 heavy (non-hydrogen) atoms. The summed E-state index contributed by atoms with van der Waals surface area (Å²) >= 11 is 0. The predicted octanol–water partition coefficient (Wildman–Crippen LogP) is 4.42. The van der Waals surface area contributed by atoms with Crippen LogP contribution in [0.2, 0.25) is 0 Å². The van der Waals surface area contributed by atoms with Gasteiger partial charge >= 0.3 is 0 Å². The molecule has 152 valence electrons. The third-order valence-corrected chi connectivity index (χ3v) is 6.06. The Bertz CT molecular complexity index is 1210. The zero-order chi connectivity index (χ0) is 21.7. The Balaban J connectivity index is 1.82. The molecule has 0 aliphatic rings. The monoisotopic (exact) mass is 419 g/mol. The molecule has 3 aromatic carbocycles. The summed E-state index contributed by atoms with van der Waals surface area (Å²) in [5, 5.41) is 11.5. The summed E-state index contributed by atoms with van der Waals surface area (Å²) in [7, 11) is -3.86. The van der Waals surface area contributed by atoms with Crippen molar-refractivity contribution in [3.05, 3.63) is 89.0 Å². The quantitative estimate of drug-likeness (QED) is 0.618. The average Bonchev–Trinajstić information content (AvgIpc) is 2.71. The lowest BCUT2D eigenvalue weighted by Gasteiger charge is -2.12. The number of hydrogen-bond acceptors (Lipinski definition) is 4. The Labute approximate surface area is 176 Å². The maximum absolute atomic E-state index is 12.9. The number of carbonyl (C=O) groups is 1. The van der Waals surface area contributed by atoms with Gasteiger partial charge in [-0.2, -0.15) is 5.26 Å². The molecule has 0 heterocycles. The van der Waals surface area contributed by atoms with Crippen LogP contribution >= 0.6 is 0 Å². The number of nitrogens with one attached hydrogen (secondary N) is 2. The highest BCUT2D eigenvalue weighted by molar-refractivity contribution is 7.92. The molecule has 0 radical (unpaired) electrons. The van der Waals surface area contributed by atoms with Crippen molar-refractivity contribution in [1.82, 2.24) is 0 Å². The summed E-state index contributed by atoms with van der Waals surface area (Å²) in [6, 6.07) is 20.6. The molecule has 0 aromatic heterocycles. The van der Waals surface area contributed by atoms with Gasteiger partial charge in [0.05, 0.1) is 17.4 Å². The smallest absolute Gasteiger partial charge is 0.262 e. The summed E-state index contributed by atoms with van der Waals surface area (Å²) in [6.45, 7) is 3.60. The third kappa shape index (κ3) is 5.04. The van der Waals surface area contributed by atoms with Crippen LogP contribution in [0.3, 0.4) is 0 Å². The van der Waals surface area contributed by atoms with Crippen molar-refractivity contribution < 1.29 is 13.2 Å². The number of aryl methyl sites for hydroxylation is 2. The molecular weight excluding hydrogens is 398 g/mol. The van der Waals surface area contributed by atoms with Crippen molar-refractivity contribution in [2.75, 3.05) is 10.0 Å². The maximum Gasteiger partial charge on any atom is 0.262 e. The number of nitrogens with zero attached hydrogens (tertiary/aromatic N) is 1. The maximum atomic E-state index is 12.9. The molecule has 0 bridgehead atoms. The van der Waals surface area contributed by atoms with Crippen molar-refractivity contribution in [3.8, 4) is 6.07 Å². The normalized spacial score (nSPS) is 10.8. The fraction of sp³-hybridized carbons (Fsp3) is 0.130. The average molecular weight is 420 g/mol. The molecule has 0 aliphatic heterocycles. The van der Waals surface area contributed by atoms with Crippen molar-refractivity contribution >= 4 is 27.3 Å². The largest absolute Gasteiger partial charge is 0.322 e. The van der Waals surface area contributed by atoms with Crippen molar-refractivity contribution in [2.24, 2.45) is 0 Å². The van der Waals surface area contributed by atoms with Gasteiger partial charge in [-0.15, -0.1) is 0 Å². The molecule has 0 fully saturated rings. The molecule has 0 atom stereocenters. The lowest BCUT2D eigenvalue weighted by atomic mass is 10.1. The Morgan fingerprint density at radius 3 is 2.20 bits per heavy atom. The molecule has 0 spiro atoms. The number of hydrogen-bond donors (Lipinski definition) is 2. The minimum Gasteiger partial charge on any atom is -0.322 e. The number of carbonyl (C=O) groups excluding carboxylic acids is 1. The zero-order valence-corrected chi connectivity index (χ0v) is 17.5. The van der Waals surface area contributed by atoms with Crippen molar-refractivity contribution in [1.29, 1.82) is 5.26 Å². The molecule has 1 amide bonds. The van der Waals surface area contributed by atoms with Crippen LogP contribution < -0.4 is 10.0 Å². The first-order valence-corrected chi connectivity index (χ1v) is 10.7. The molecule has 6 nitrogen and oxygen atoms in total. The zero-order valence-electron chi connectivity index (χ0n) is 16.6. The van der Waals surface area contributed by atoms with Crippen molar-refractivity contribution in [3.63, 3.8) is 0 Å². The van der Waals surface area contributed by atoms with E-state index in [0.717, 1.165) is 11.1 Å². The number of rotatable bonds is 6. The van der Waals surface area contributed by atoms with E-state index in [2.05, 4.69) is 16.1 Å². The van der Waals surface area contributed by atoms with Crippen LogP contribution in [-0.2, 0) is 16.4 Å². The van der Waals surface area contributed by atoms with E-state index >= 15 is 0 Å². The van der Waals surface area contributed by atoms with Crippen LogP contribution in [0.1, 0.15) is 27.0 Å². The first-order chi connectivity index (χ1) is 14.3. The molecule has 0 aliphatic carbocycles. The van der Waals surface area contributed by atoms with E-state index in [9.17, 15) is 13.2 Å². The van der Waals surface area contributed by atoms with Gasteiger partial charge in [0.1, 0.15) is 0 Å². The highest BCUT2D eigenvalue weighted by Gasteiger charge is 2.19. The van der Waals surface area contributed by atoms with Gasteiger partial charge in [-0.05, 0) is 61.4 Å². The molecule has 0 saturated heterocycles. The first kappa shape index (κ1) is 21.1. The molecule has 3 aromatic rings. The van der Waals surface area contributed by atoms with E-state index in [1.807, 2.05) is 19.1 Å². The lowest BCUT2D eigenvalue weighted by molar-refractivity contribution is 0.102. The number of sulfonamides is 1. The van der Waals surface area contributed by atoms with Crippen LogP contribution in [0, 0.1) is 25.2 Å². The molecule has 0 unspecified atom stereocenters. The topological polar surface area (TPSA) is 99.1 Å². The second kappa shape index (κ2) is 8.80. The van der Waals surface area contributed by atoms with E-state index in [-0.39, 0.29) is 10.5 Å². The van der Waals surface area contributed by atoms with E-state index in [1.54, 1.807) is 55.5 Å². The highest BCUT2D eigenvalue weighted by Crippen LogP contribution is 2.22. The van der Waals surface area contributed by atoms with Gasteiger partial charge in [0, 0.05) is 16.9 Å². The van der Waals surface area contributed by atoms with Crippen molar-refractivity contribution in [2.45, 2.75) is 25.2 Å². The predicted molar refractivity (Wildman–Crippen MR) is 117 cm³/mol. The molecule has 2 N–H and O–H groups in total. The molecule has 0 saturated carbocycles. The van der Waals surface area contributed by atoms with Crippen LogP contribution in [0.5, 0.6) is 0 Å². The molecular formula is C23H21N3O3S. The standard InChI is InChI=1S/C23H21N3O3S/c1-16-3-9-21(10-4-16)26-30(28,29)22-15-19(8-5-17(22)2)23(27)25-20-11-6-18(7-12-20)13-14-24/h3-12,15,26H,13H2,1-2H3,(H,25,27). The van der Waals surface area contributed by atoms with Crippen LogP contribution in [-0.4, -0.2) is 14.3 Å². The summed E-state index contributed by atoms with van der Waals surface area (Å²) in [5.41, 5.74) is 3.64. The van der Waals surface area contributed by atoms with Gasteiger partial charge in [0.15, 0.2) is 0 Å². The molecule has 3 rings (SSSR count). The third-order valence-electron chi connectivity index (χ3n) is 4.54. The van der Waals surface area contributed by atoms with Gasteiger partial charge in [0.25, 0.3) is 15.9 Å². The van der Waals surface area contributed by atoms with Gasteiger partial charge in [-0.25, -0.2) is 8.42 Å². The fourth-order valence-electron chi connectivity index (χ4n) is 2.86. The highest BCUT2D eigenvalue weighted by atomic mass is 32.2. The second-order valence-electron chi connectivity index (χ2n) is 6.94. The Kier molecular flexibility index (Phi) is 6.19. The second-order valence-corrected chi connectivity index (χ2v) is 8.59. The Hall–Kier alpha value is -3.63. The van der Waals surface area contributed by atoms with E-state index in [4.69, 9.17) is 5.26 Å². The van der Waals surface area contributed by atoms with Gasteiger partial charge in [-0.1, -0.05) is 35.9 Å². The molecule has 7 heteroatoms. The minimum absolute atomic E-state index is 0.0418. The van der Waals surface area contributed by atoms with E-state index < -0.39 is 15.9 Å². The van der Waals surface area contributed by atoms with Gasteiger partial charge in [0.2, 0.25) is 0 Å². The van der Waals surface area contributed by atoms with Gasteiger partial charge in [-0.3, -0.25) is 9.52 Å².